The van der Waals surface area contributed by atoms with E-state index in [1.165, 1.54) is 0 Å². The third-order valence-corrected chi connectivity index (χ3v) is 3.40. The molecule has 1 aromatic rings. The Morgan fingerprint density at radius 2 is 2.44 bits per heavy atom. The summed E-state index contributed by atoms with van der Waals surface area (Å²) in [5.74, 6) is 0. The van der Waals surface area contributed by atoms with Gasteiger partial charge in [-0.15, -0.1) is 0 Å². The first kappa shape index (κ1) is 11.6. The molecule has 0 aliphatic carbocycles. The number of likely N-dealkylation sites (tertiary alicyclic amines) is 1. The first-order valence-corrected chi connectivity index (χ1v) is 6.21. The van der Waals surface area contributed by atoms with Crippen molar-refractivity contribution in [3.8, 4) is 0 Å². The number of nitrogens with zero attached hydrogens (tertiary/aromatic N) is 3. The number of nitrogens with two attached hydrogens (primary N) is 1. The van der Waals surface area contributed by atoms with Crippen LogP contribution in [0, 0.1) is 0 Å². The van der Waals surface area contributed by atoms with E-state index < -0.39 is 0 Å². The molecule has 90 valence electrons. The molecular formula is C12H22N4. The van der Waals surface area contributed by atoms with Crippen LogP contribution in [0.3, 0.4) is 0 Å². The first-order valence-electron chi connectivity index (χ1n) is 6.21. The topological polar surface area (TPSA) is 47.1 Å². The van der Waals surface area contributed by atoms with Gasteiger partial charge in [0.15, 0.2) is 0 Å². The van der Waals surface area contributed by atoms with Crippen LogP contribution in [0.15, 0.2) is 12.3 Å². The van der Waals surface area contributed by atoms with E-state index in [9.17, 15) is 0 Å². The van der Waals surface area contributed by atoms with Crippen LogP contribution in [-0.2, 0) is 6.54 Å². The van der Waals surface area contributed by atoms with Crippen LogP contribution in [0.4, 0.5) is 0 Å². The monoisotopic (exact) mass is 222 g/mol. The normalized spacial score (nSPS) is 23.8. The van der Waals surface area contributed by atoms with Gasteiger partial charge in [0.05, 0.1) is 5.69 Å². The number of rotatable bonds is 4. The van der Waals surface area contributed by atoms with Crippen LogP contribution < -0.4 is 5.73 Å². The average Bonchev–Trinajstić information content (AvgIpc) is 2.87. The van der Waals surface area contributed by atoms with Crippen LogP contribution in [0.2, 0.25) is 0 Å². The maximum atomic E-state index is 5.89. The summed E-state index contributed by atoms with van der Waals surface area (Å²) in [6.45, 7) is 7.44. The molecule has 1 aliphatic rings. The Morgan fingerprint density at radius 1 is 1.62 bits per heavy atom. The molecule has 2 unspecified atom stereocenters. The molecule has 2 atom stereocenters. The highest BCUT2D eigenvalue weighted by Crippen LogP contribution is 2.13. The third-order valence-electron chi connectivity index (χ3n) is 3.40. The van der Waals surface area contributed by atoms with Crippen molar-refractivity contribution in [2.75, 3.05) is 13.1 Å². The molecular weight excluding hydrogens is 200 g/mol. The molecule has 2 N–H and O–H groups in total. The highest BCUT2D eigenvalue weighted by atomic mass is 15.3. The Hall–Kier alpha value is -0.870. The quantitative estimate of drug-likeness (QED) is 0.837. The van der Waals surface area contributed by atoms with Gasteiger partial charge in [-0.25, -0.2) is 0 Å². The Balaban J connectivity index is 1.92. The lowest BCUT2D eigenvalue weighted by Gasteiger charge is -2.13. The van der Waals surface area contributed by atoms with Crippen molar-refractivity contribution < 1.29 is 0 Å². The molecule has 16 heavy (non-hydrogen) atoms. The molecule has 0 radical (unpaired) electrons. The summed E-state index contributed by atoms with van der Waals surface area (Å²) < 4.78 is 2.06. The fraction of sp³-hybridized carbons (Fsp3) is 0.750. The van der Waals surface area contributed by atoms with Gasteiger partial charge < -0.3 is 5.73 Å². The van der Waals surface area contributed by atoms with Crippen molar-refractivity contribution >= 4 is 0 Å². The molecule has 0 aromatic carbocycles. The van der Waals surface area contributed by atoms with Crippen molar-refractivity contribution in [2.24, 2.45) is 5.73 Å². The van der Waals surface area contributed by atoms with E-state index in [-0.39, 0.29) is 0 Å². The van der Waals surface area contributed by atoms with Gasteiger partial charge in [0.2, 0.25) is 0 Å². The summed E-state index contributed by atoms with van der Waals surface area (Å²) in [7, 11) is 0. The predicted molar refractivity (Wildman–Crippen MR) is 65.1 cm³/mol. The number of hydrogen-bond acceptors (Lipinski definition) is 3. The smallest absolute Gasteiger partial charge is 0.0764 e. The summed E-state index contributed by atoms with van der Waals surface area (Å²) in [4.78, 5) is 2.38. The van der Waals surface area contributed by atoms with Crippen molar-refractivity contribution in [1.29, 1.82) is 0 Å². The van der Waals surface area contributed by atoms with Gasteiger partial charge in [-0.1, -0.05) is 6.92 Å². The summed E-state index contributed by atoms with van der Waals surface area (Å²) in [6.07, 6.45) is 4.32. The molecule has 0 bridgehead atoms. The minimum absolute atomic E-state index is 0.358. The van der Waals surface area contributed by atoms with Crippen LogP contribution in [-0.4, -0.2) is 33.8 Å². The van der Waals surface area contributed by atoms with Crippen LogP contribution in [0.1, 0.15) is 38.4 Å². The zero-order chi connectivity index (χ0) is 11.5. The first-order chi connectivity index (χ1) is 7.69. The van der Waals surface area contributed by atoms with Crippen LogP contribution in [0.25, 0.3) is 0 Å². The molecule has 2 rings (SSSR count). The maximum Gasteiger partial charge on any atom is 0.0764 e. The highest BCUT2D eigenvalue weighted by Gasteiger charge is 2.19. The van der Waals surface area contributed by atoms with Crippen molar-refractivity contribution in [1.82, 2.24) is 14.7 Å². The fourth-order valence-corrected chi connectivity index (χ4v) is 2.13. The SMILES string of the molecule is CCC(C)n1ccc(CN2CCC(N)C2)n1. The zero-order valence-electron chi connectivity index (χ0n) is 10.3. The van der Waals surface area contributed by atoms with Gasteiger partial charge >= 0.3 is 0 Å². The van der Waals surface area contributed by atoms with E-state index in [4.69, 9.17) is 5.73 Å². The zero-order valence-corrected chi connectivity index (χ0v) is 10.3. The minimum atomic E-state index is 0.358. The lowest BCUT2D eigenvalue weighted by molar-refractivity contribution is 0.319. The Bertz CT molecular complexity index is 334. The fourth-order valence-electron chi connectivity index (χ4n) is 2.13. The molecule has 0 spiro atoms. The molecule has 4 nitrogen and oxygen atoms in total. The molecule has 0 amide bonds. The van der Waals surface area contributed by atoms with Crippen molar-refractivity contribution in [3.63, 3.8) is 0 Å². The molecule has 2 heterocycles. The summed E-state index contributed by atoms with van der Waals surface area (Å²) >= 11 is 0. The Kier molecular flexibility index (Phi) is 3.61. The number of hydrogen-bond donors (Lipinski definition) is 1. The van der Waals surface area contributed by atoms with E-state index in [1.54, 1.807) is 0 Å². The molecule has 4 heteroatoms. The molecule has 0 saturated carbocycles. The largest absolute Gasteiger partial charge is 0.326 e. The standard InChI is InChI=1S/C12H22N4/c1-3-10(2)16-7-5-12(14-16)9-15-6-4-11(13)8-15/h5,7,10-11H,3-4,6,8-9,13H2,1-2H3. The Morgan fingerprint density at radius 3 is 3.06 bits per heavy atom. The minimum Gasteiger partial charge on any atom is -0.326 e. The van der Waals surface area contributed by atoms with E-state index in [0.717, 1.165) is 38.2 Å². The van der Waals surface area contributed by atoms with Gasteiger partial charge in [0, 0.05) is 37.9 Å². The van der Waals surface area contributed by atoms with Gasteiger partial charge in [-0.05, 0) is 25.8 Å². The molecule has 1 fully saturated rings. The predicted octanol–water partition coefficient (Wildman–Crippen LogP) is 1.39. The highest BCUT2D eigenvalue weighted by molar-refractivity contribution is 5.00. The van der Waals surface area contributed by atoms with Gasteiger partial charge in [0.1, 0.15) is 0 Å². The van der Waals surface area contributed by atoms with Crippen LogP contribution in [0.5, 0.6) is 0 Å². The van der Waals surface area contributed by atoms with Crippen molar-refractivity contribution in [3.05, 3.63) is 18.0 Å². The van der Waals surface area contributed by atoms with E-state index >= 15 is 0 Å². The Labute approximate surface area is 97.4 Å². The second-order valence-electron chi connectivity index (χ2n) is 4.83. The third kappa shape index (κ3) is 2.62. The number of aromatic nitrogens is 2. The second kappa shape index (κ2) is 4.97. The molecule has 1 aliphatic heterocycles. The van der Waals surface area contributed by atoms with Crippen LogP contribution >= 0.6 is 0 Å². The van der Waals surface area contributed by atoms with E-state index in [2.05, 4.69) is 40.8 Å². The van der Waals surface area contributed by atoms with Gasteiger partial charge in [-0.2, -0.15) is 5.10 Å². The summed E-state index contributed by atoms with van der Waals surface area (Å²) in [5, 5.41) is 4.60. The lowest BCUT2D eigenvalue weighted by Crippen LogP contribution is -2.26. The molecule has 1 aromatic heterocycles. The second-order valence-corrected chi connectivity index (χ2v) is 4.83. The maximum absolute atomic E-state index is 5.89. The van der Waals surface area contributed by atoms with Gasteiger partial charge in [0.25, 0.3) is 0 Å². The molecule has 1 saturated heterocycles. The summed E-state index contributed by atoms with van der Waals surface area (Å²) in [5.41, 5.74) is 7.05. The average molecular weight is 222 g/mol. The lowest BCUT2D eigenvalue weighted by atomic mass is 10.3. The van der Waals surface area contributed by atoms with Gasteiger partial charge in [-0.3, -0.25) is 9.58 Å². The van der Waals surface area contributed by atoms with E-state index in [1.807, 2.05) is 0 Å². The summed E-state index contributed by atoms with van der Waals surface area (Å²) in [6, 6.07) is 2.97. The van der Waals surface area contributed by atoms with E-state index in [0.29, 0.717) is 12.1 Å². The van der Waals surface area contributed by atoms with Crippen molar-refractivity contribution in [2.45, 2.75) is 45.3 Å².